The van der Waals surface area contributed by atoms with E-state index in [1.807, 2.05) is 13.0 Å². The lowest BCUT2D eigenvalue weighted by Crippen LogP contribution is -2.36. The summed E-state index contributed by atoms with van der Waals surface area (Å²) in [5.41, 5.74) is 1.25. The van der Waals surface area contributed by atoms with Gasteiger partial charge in [-0.15, -0.1) is 0 Å². The highest BCUT2D eigenvalue weighted by molar-refractivity contribution is 7.91. The van der Waals surface area contributed by atoms with Gasteiger partial charge in [-0.05, 0) is 37.3 Å². The van der Waals surface area contributed by atoms with Crippen LogP contribution in [0.1, 0.15) is 11.4 Å². The topological polar surface area (TPSA) is 96.5 Å². The zero-order valence-electron chi connectivity index (χ0n) is 17.6. The van der Waals surface area contributed by atoms with E-state index in [1.54, 1.807) is 30.3 Å². The molecule has 1 fully saturated rings. The second-order valence-electron chi connectivity index (χ2n) is 7.41. The highest BCUT2D eigenvalue weighted by Gasteiger charge is 2.16. The number of morpholine rings is 1. The summed E-state index contributed by atoms with van der Waals surface area (Å²) in [6.45, 7) is 4.72. The molecule has 0 amide bonds. The van der Waals surface area contributed by atoms with Crippen LogP contribution in [-0.4, -0.2) is 44.7 Å². The molecular formula is C22H24FN5O3S. The summed E-state index contributed by atoms with van der Waals surface area (Å²) >= 11 is 0. The lowest BCUT2D eigenvalue weighted by molar-refractivity contribution is 0.122. The van der Waals surface area contributed by atoms with Gasteiger partial charge in [-0.25, -0.2) is 22.8 Å². The number of benzene rings is 2. The van der Waals surface area contributed by atoms with Crippen molar-refractivity contribution in [2.45, 2.75) is 12.7 Å². The molecule has 4 rings (SSSR count). The molecule has 8 nitrogen and oxygen atoms in total. The third-order valence-electron chi connectivity index (χ3n) is 4.89. The normalized spacial score (nSPS) is 14.2. The molecule has 3 aromatic rings. The molecule has 0 spiro atoms. The van der Waals surface area contributed by atoms with Gasteiger partial charge in [0, 0.05) is 36.1 Å². The molecule has 32 heavy (non-hydrogen) atoms. The number of hydrogen-bond donors (Lipinski definition) is 2. The smallest absolute Gasteiger partial charge is 0.237 e. The number of sulfonamides is 1. The fraction of sp³-hybridized carbons (Fsp3) is 0.273. The molecular weight excluding hydrogens is 433 g/mol. The Morgan fingerprint density at radius 2 is 1.72 bits per heavy atom. The van der Waals surface area contributed by atoms with Crippen LogP contribution in [0.4, 0.5) is 27.4 Å². The summed E-state index contributed by atoms with van der Waals surface area (Å²) in [4.78, 5) is 11.1. The largest absolute Gasteiger partial charge is 0.378 e. The molecule has 2 aromatic carbocycles. The van der Waals surface area contributed by atoms with E-state index in [4.69, 9.17) is 4.74 Å². The molecule has 168 valence electrons. The van der Waals surface area contributed by atoms with Gasteiger partial charge in [-0.2, -0.15) is 0 Å². The van der Waals surface area contributed by atoms with Gasteiger partial charge in [0.2, 0.25) is 10.0 Å². The van der Waals surface area contributed by atoms with E-state index in [0.717, 1.165) is 24.6 Å². The number of aromatic nitrogens is 2. The van der Waals surface area contributed by atoms with Crippen molar-refractivity contribution in [3.8, 4) is 0 Å². The molecule has 0 atom stereocenters. The summed E-state index contributed by atoms with van der Waals surface area (Å²) in [6, 6.07) is 14.5. The minimum absolute atomic E-state index is 0.119. The van der Waals surface area contributed by atoms with Gasteiger partial charge in [0.05, 0.1) is 19.0 Å². The van der Waals surface area contributed by atoms with E-state index < -0.39 is 21.6 Å². The summed E-state index contributed by atoms with van der Waals surface area (Å²) in [6.07, 6.45) is 0. The van der Waals surface area contributed by atoms with Gasteiger partial charge in [-0.3, -0.25) is 4.72 Å². The van der Waals surface area contributed by atoms with Crippen molar-refractivity contribution in [1.29, 1.82) is 0 Å². The Balaban J connectivity index is 1.43. The van der Waals surface area contributed by atoms with Crippen LogP contribution in [0.25, 0.3) is 0 Å². The lowest BCUT2D eigenvalue weighted by Gasteiger charge is -2.28. The van der Waals surface area contributed by atoms with Crippen LogP contribution in [0.15, 0.2) is 54.6 Å². The molecule has 1 aliphatic rings. The third kappa shape index (κ3) is 5.71. The molecule has 1 saturated heterocycles. The van der Waals surface area contributed by atoms with Gasteiger partial charge in [0.15, 0.2) is 0 Å². The number of anilines is 4. The highest BCUT2D eigenvalue weighted by atomic mass is 32.2. The minimum Gasteiger partial charge on any atom is -0.378 e. The Labute approximate surface area is 186 Å². The molecule has 1 aromatic heterocycles. The Kier molecular flexibility index (Phi) is 6.52. The summed E-state index contributed by atoms with van der Waals surface area (Å²) in [5, 5.41) is 3.23. The minimum atomic E-state index is -3.75. The first-order valence-corrected chi connectivity index (χ1v) is 11.8. The van der Waals surface area contributed by atoms with Gasteiger partial charge in [0.1, 0.15) is 23.3 Å². The van der Waals surface area contributed by atoms with E-state index >= 15 is 0 Å². The van der Waals surface area contributed by atoms with Crippen molar-refractivity contribution < 1.29 is 17.5 Å². The van der Waals surface area contributed by atoms with Crippen molar-refractivity contribution in [1.82, 2.24) is 9.97 Å². The Morgan fingerprint density at radius 1 is 1.03 bits per heavy atom. The van der Waals surface area contributed by atoms with Gasteiger partial charge in [-0.1, -0.05) is 18.2 Å². The first-order valence-electron chi connectivity index (χ1n) is 10.2. The van der Waals surface area contributed by atoms with Crippen LogP contribution < -0.4 is 14.9 Å². The van der Waals surface area contributed by atoms with Crippen molar-refractivity contribution in [2.75, 3.05) is 41.2 Å². The van der Waals surface area contributed by atoms with Crippen LogP contribution in [0, 0.1) is 12.7 Å². The Bertz CT molecular complexity index is 1180. The molecule has 10 heteroatoms. The molecule has 0 aliphatic carbocycles. The number of nitrogens with zero attached hydrogens (tertiary/aromatic N) is 3. The molecule has 0 unspecified atom stereocenters. The maximum atomic E-state index is 13.8. The number of aryl methyl sites for hydroxylation is 1. The van der Waals surface area contributed by atoms with E-state index in [1.165, 1.54) is 18.2 Å². The number of ether oxygens (including phenoxy) is 1. The predicted octanol–water partition coefficient (Wildman–Crippen LogP) is 3.45. The average molecular weight is 458 g/mol. The molecule has 2 N–H and O–H groups in total. The highest BCUT2D eigenvalue weighted by Crippen LogP contribution is 2.23. The van der Waals surface area contributed by atoms with Gasteiger partial charge in [0.25, 0.3) is 0 Å². The first kappa shape index (κ1) is 22.0. The van der Waals surface area contributed by atoms with Crippen LogP contribution in [-0.2, 0) is 20.5 Å². The quantitative estimate of drug-likeness (QED) is 0.561. The monoisotopic (exact) mass is 457 g/mol. The average Bonchev–Trinajstić information content (AvgIpc) is 2.77. The molecule has 0 saturated carbocycles. The molecule has 1 aliphatic heterocycles. The fourth-order valence-electron chi connectivity index (χ4n) is 3.38. The van der Waals surface area contributed by atoms with Gasteiger partial charge >= 0.3 is 0 Å². The van der Waals surface area contributed by atoms with Crippen LogP contribution in [0.5, 0.6) is 0 Å². The van der Waals surface area contributed by atoms with Crippen molar-refractivity contribution in [3.05, 3.63) is 71.8 Å². The SMILES string of the molecule is Cc1nc(Nc2ccc(NS(=O)(=O)Cc3ccccc3F)cc2)cc(N2CCOCC2)n1. The molecule has 0 bridgehead atoms. The zero-order chi connectivity index (χ0) is 22.6. The number of halogens is 1. The lowest BCUT2D eigenvalue weighted by atomic mass is 10.2. The Hall–Kier alpha value is -3.24. The van der Waals surface area contributed by atoms with Crippen LogP contribution in [0.2, 0.25) is 0 Å². The Morgan fingerprint density at radius 3 is 2.44 bits per heavy atom. The van der Waals surface area contributed by atoms with Crippen LogP contribution in [0.3, 0.4) is 0 Å². The first-order chi connectivity index (χ1) is 15.4. The number of rotatable bonds is 7. The maximum Gasteiger partial charge on any atom is 0.237 e. The third-order valence-corrected chi connectivity index (χ3v) is 6.13. The van der Waals surface area contributed by atoms with E-state index in [0.29, 0.717) is 30.5 Å². The second kappa shape index (κ2) is 9.49. The number of nitrogens with one attached hydrogen (secondary N) is 2. The second-order valence-corrected chi connectivity index (χ2v) is 9.14. The summed E-state index contributed by atoms with van der Waals surface area (Å²) < 4.78 is 46.4. The maximum absolute atomic E-state index is 13.8. The van der Waals surface area contributed by atoms with Crippen molar-refractivity contribution in [2.24, 2.45) is 0 Å². The fourth-order valence-corrected chi connectivity index (χ4v) is 4.59. The summed E-state index contributed by atoms with van der Waals surface area (Å²) in [5.74, 6) is 1.14. The summed E-state index contributed by atoms with van der Waals surface area (Å²) in [7, 11) is -3.75. The number of hydrogen-bond acceptors (Lipinski definition) is 7. The molecule has 2 heterocycles. The van der Waals surface area contributed by atoms with Crippen molar-refractivity contribution in [3.63, 3.8) is 0 Å². The van der Waals surface area contributed by atoms with Gasteiger partial charge < -0.3 is 15.0 Å². The predicted molar refractivity (Wildman–Crippen MR) is 122 cm³/mol. The molecule has 0 radical (unpaired) electrons. The van der Waals surface area contributed by atoms with Crippen molar-refractivity contribution >= 4 is 33.0 Å². The van der Waals surface area contributed by atoms with E-state index in [2.05, 4.69) is 24.9 Å². The standard InChI is InChI=1S/C22H24FN5O3S/c1-16-24-21(14-22(25-16)28-10-12-31-13-11-28)26-18-6-8-19(9-7-18)27-32(29,30)15-17-4-2-3-5-20(17)23/h2-9,14,27H,10-13,15H2,1H3,(H,24,25,26). The van der Waals surface area contributed by atoms with Crippen LogP contribution >= 0.6 is 0 Å². The van der Waals surface area contributed by atoms with E-state index in [9.17, 15) is 12.8 Å². The zero-order valence-corrected chi connectivity index (χ0v) is 18.4. The van der Waals surface area contributed by atoms with E-state index in [-0.39, 0.29) is 5.56 Å².